The zero-order valence-corrected chi connectivity index (χ0v) is 12.1. The quantitative estimate of drug-likeness (QED) is 0.650. The Hall–Kier alpha value is -2.90. The maximum atomic E-state index is 12.5. The molecule has 1 aromatic rings. The van der Waals surface area contributed by atoms with E-state index in [9.17, 15) is 19.7 Å². The monoisotopic (exact) mass is 305 g/mol. The van der Waals surface area contributed by atoms with Gasteiger partial charge in [0.1, 0.15) is 6.04 Å². The Morgan fingerprint density at radius 2 is 1.91 bits per heavy atom. The van der Waals surface area contributed by atoms with Gasteiger partial charge in [-0.25, -0.2) is 4.79 Å². The number of nitrogens with one attached hydrogen (secondary N) is 2. The van der Waals surface area contributed by atoms with Gasteiger partial charge >= 0.3 is 6.03 Å². The summed E-state index contributed by atoms with van der Waals surface area (Å²) in [7, 11) is 0. The van der Waals surface area contributed by atoms with Crippen LogP contribution in [0.4, 0.5) is 10.5 Å². The highest BCUT2D eigenvalue weighted by molar-refractivity contribution is 6.03. The number of hydrogen-bond acceptors (Lipinski definition) is 5. The molecule has 0 unspecified atom stereocenters. The van der Waals surface area contributed by atoms with Crippen molar-refractivity contribution in [2.24, 2.45) is 0 Å². The molecule has 2 amide bonds. The van der Waals surface area contributed by atoms with Crippen LogP contribution in [0, 0.1) is 10.1 Å². The topological polar surface area (TPSA) is 111 Å². The molecule has 0 bridgehead atoms. The van der Waals surface area contributed by atoms with Crippen LogP contribution < -0.4 is 10.6 Å². The van der Waals surface area contributed by atoms with Crippen molar-refractivity contribution in [2.45, 2.75) is 19.9 Å². The lowest BCUT2D eigenvalue weighted by Gasteiger charge is -2.14. The molecule has 0 fully saturated rings. The van der Waals surface area contributed by atoms with Gasteiger partial charge in [0.25, 0.3) is 5.69 Å². The number of hydrogen-bond donors (Lipinski definition) is 2. The highest BCUT2D eigenvalue weighted by atomic mass is 16.6. The molecule has 8 heteroatoms. The number of amides is 2. The molecular weight excluding hydrogens is 290 g/mol. The van der Waals surface area contributed by atoms with E-state index in [0.717, 1.165) is 0 Å². The molecule has 0 saturated carbocycles. The van der Waals surface area contributed by atoms with Crippen molar-refractivity contribution in [3.63, 3.8) is 0 Å². The van der Waals surface area contributed by atoms with Gasteiger partial charge in [-0.1, -0.05) is 0 Å². The SMILES string of the molecule is CCOC1=C(C)C(=O)[C@@H](c2ccc([N+](=O)[O-])cc2)NC(=O)N1. The minimum absolute atomic E-state index is 0.0865. The van der Waals surface area contributed by atoms with Crippen molar-refractivity contribution in [2.75, 3.05) is 6.61 Å². The average Bonchev–Trinajstić information content (AvgIpc) is 2.60. The summed E-state index contributed by atoms with van der Waals surface area (Å²) < 4.78 is 5.25. The molecule has 1 aliphatic rings. The third kappa shape index (κ3) is 3.05. The van der Waals surface area contributed by atoms with Gasteiger partial charge in [0.15, 0.2) is 5.78 Å². The van der Waals surface area contributed by atoms with E-state index in [1.807, 2.05) is 0 Å². The van der Waals surface area contributed by atoms with E-state index < -0.39 is 17.0 Å². The first kappa shape index (κ1) is 15.5. The third-order valence-electron chi connectivity index (χ3n) is 3.20. The van der Waals surface area contributed by atoms with Crippen molar-refractivity contribution in [3.05, 3.63) is 51.4 Å². The molecular formula is C14H15N3O5. The molecule has 22 heavy (non-hydrogen) atoms. The average molecular weight is 305 g/mol. The Morgan fingerprint density at radius 1 is 1.27 bits per heavy atom. The van der Waals surface area contributed by atoms with E-state index in [1.54, 1.807) is 13.8 Å². The van der Waals surface area contributed by atoms with Gasteiger partial charge in [-0.3, -0.25) is 20.2 Å². The molecule has 0 saturated heterocycles. The minimum Gasteiger partial charge on any atom is -0.479 e. The standard InChI is InChI=1S/C14H15N3O5/c1-3-22-13-8(2)12(18)11(15-14(19)16-13)9-4-6-10(7-5-9)17(20)21/h4-7,11H,3H2,1-2H3,(H2,15,16,19)/t11-/m1/s1. The maximum absolute atomic E-state index is 12.5. The molecule has 116 valence electrons. The second-order valence-corrected chi connectivity index (χ2v) is 4.63. The number of carbonyl (C=O) groups is 2. The number of rotatable bonds is 4. The molecule has 0 spiro atoms. The van der Waals surface area contributed by atoms with Gasteiger partial charge in [0, 0.05) is 12.1 Å². The molecule has 0 radical (unpaired) electrons. The predicted molar refractivity (Wildman–Crippen MR) is 76.8 cm³/mol. The Labute approximate surface area is 126 Å². The van der Waals surface area contributed by atoms with Crippen molar-refractivity contribution in [3.8, 4) is 0 Å². The minimum atomic E-state index is -0.918. The molecule has 1 aliphatic heterocycles. The molecule has 2 rings (SSSR count). The summed E-state index contributed by atoms with van der Waals surface area (Å²) in [5.41, 5.74) is 0.656. The normalized spacial score (nSPS) is 18.4. The van der Waals surface area contributed by atoms with E-state index in [1.165, 1.54) is 24.3 Å². The van der Waals surface area contributed by atoms with E-state index in [-0.39, 0.29) is 22.9 Å². The fraction of sp³-hybridized carbons (Fsp3) is 0.286. The number of ether oxygens (including phenoxy) is 1. The number of nitro benzene ring substituents is 1. The van der Waals surface area contributed by atoms with Crippen LogP contribution in [0.15, 0.2) is 35.7 Å². The van der Waals surface area contributed by atoms with Crippen LogP contribution in [0.1, 0.15) is 25.5 Å². The first-order chi connectivity index (χ1) is 10.4. The van der Waals surface area contributed by atoms with E-state index in [4.69, 9.17) is 4.74 Å². The lowest BCUT2D eigenvalue weighted by molar-refractivity contribution is -0.384. The molecule has 8 nitrogen and oxygen atoms in total. The number of non-ortho nitro benzene ring substituents is 1. The second kappa shape index (κ2) is 6.25. The highest BCUT2D eigenvalue weighted by Crippen LogP contribution is 2.23. The van der Waals surface area contributed by atoms with Crippen molar-refractivity contribution < 1.29 is 19.2 Å². The third-order valence-corrected chi connectivity index (χ3v) is 3.20. The molecule has 0 aromatic heterocycles. The van der Waals surface area contributed by atoms with Gasteiger partial charge in [-0.05, 0) is 31.5 Å². The molecule has 2 N–H and O–H groups in total. The van der Waals surface area contributed by atoms with Gasteiger partial charge in [0.2, 0.25) is 5.88 Å². The molecule has 1 heterocycles. The summed E-state index contributed by atoms with van der Waals surface area (Å²) in [4.78, 5) is 34.4. The van der Waals surface area contributed by atoms with Crippen LogP contribution in [0.25, 0.3) is 0 Å². The summed E-state index contributed by atoms with van der Waals surface area (Å²) in [6.45, 7) is 3.60. The van der Waals surface area contributed by atoms with Crippen LogP contribution in [0.3, 0.4) is 0 Å². The number of nitro groups is 1. The highest BCUT2D eigenvalue weighted by Gasteiger charge is 2.30. The zero-order valence-electron chi connectivity index (χ0n) is 12.1. The first-order valence-corrected chi connectivity index (χ1v) is 6.63. The Balaban J connectivity index is 2.36. The summed E-state index contributed by atoms with van der Waals surface area (Å²) >= 11 is 0. The number of nitrogens with zero attached hydrogens (tertiary/aromatic N) is 1. The Morgan fingerprint density at radius 3 is 2.45 bits per heavy atom. The number of ketones is 1. The van der Waals surface area contributed by atoms with Gasteiger partial charge < -0.3 is 10.1 Å². The number of urea groups is 1. The number of benzene rings is 1. The largest absolute Gasteiger partial charge is 0.479 e. The van der Waals surface area contributed by atoms with Crippen LogP contribution >= 0.6 is 0 Å². The van der Waals surface area contributed by atoms with Crippen LogP contribution in [-0.4, -0.2) is 23.3 Å². The van der Waals surface area contributed by atoms with Crippen molar-refractivity contribution >= 4 is 17.5 Å². The summed E-state index contributed by atoms with van der Waals surface area (Å²) in [6.07, 6.45) is 0. The molecule has 1 atom stereocenters. The number of carbonyl (C=O) groups excluding carboxylic acids is 2. The van der Waals surface area contributed by atoms with Gasteiger partial charge in [0.05, 0.1) is 17.1 Å². The second-order valence-electron chi connectivity index (χ2n) is 4.63. The summed E-state index contributed by atoms with van der Waals surface area (Å²) in [6, 6.07) is 3.97. The van der Waals surface area contributed by atoms with Crippen LogP contribution in [0.5, 0.6) is 0 Å². The van der Waals surface area contributed by atoms with Crippen molar-refractivity contribution in [1.82, 2.24) is 10.6 Å². The summed E-state index contributed by atoms with van der Waals surface area (Å²) in [5.74, 6) is -0.218. The fourth-order valence-electron chi connectivity index (χ4n) is 2.07. The number of Topliss-reactive ketones (excluding diaryl/α,β-unsaturated/α-hetero) is 1. The van der Waals surface area contributed by atoms with Crippen molar-refractivity contribution in [1.29, 1.82) is 0 Å². The van der Waals surface area contributed by atoms with E-state index in [2.05, 4.69) is 10.6 Å². The molecule has 0 aliphatic carbocycles. The van der Waals surface area contributed by atoms with Crippen LogP contribution in [0.2, 0.25) is 0 Å². The molecule has 1 aromatic carbocycles. The Bertz CT molecular complexity index is 651. The first-order valence-electron chi connectivity index (χ1n) is 6.63. The lowest BCUT2D eigenvalue weighted by atomic mass is 9.98. The Kier molecular flexibility index (Phi) is 4.40. The van der Waals surface area contributed by atoms with E-state index >= 15 is 0 Å². The van der Waals surface area contributed by atoms with Gasteiger partial charge in [-0.2, -0.15) is 0 Å². The lowest BCUT2D eigenvalue weighted by Crippen LogP contribution is -2.37. The van der Waals surface area contributed by atoms with Crippen LogP contribution in [-0.2, 0) is 9.53 Å². The maximum Gasteiger partial charge on any atom is 0.322 e. The predicted octanol–water partition coefficient (Wildman–Crippen LogP) is 1.79. The van der Waals surface area contributed by atoms with E-state index in [0.29, 0.717) is 12.2 Å². The van der Waals surface area contributed by atoms with Gasteiger partial charge in [-0.15, -0.1) is 0 Å². The zero-order chi connectivity index (χ0) is 16.3. The fourth-order valence-corrected chi connectivity index (χ4v) is 2.07. The summed E-state index contributed by atoms with van der Waals surface area (Å²) in [5, 5.41) is 15.7. The smallest absolute Gasteiger partial charge is 0.322 e.